The van der Waals surface area contributed by atoms with E-state index in [0.717, 1.165) is 0 Å². The van der Waals surface area contributed by atoms with Crippen LogP contribution in [0.1, 0.15) is 51.4 Å². The van der Waals surface area contributed by atoms with Crippen molar-refractivity contribution in [2.75, 3.05) is 0 Å². The van der Waals surface area contributed by atoms with Gasteiger partial charge in [-0.2, -0.15) is 0 Å². The van der Waals surface area contributed by atoms with Gasteiger partial charge in [-0.15, -0.1) is 0 Å². The first-order valence-electron chi connectivity index (χ1n) is 12.5. The Balaban J connectivity index is -0.0000000436. The summed E-state index contributed by atoms with van der Waals surface area (Å²) in [7, 11) is 0. The van der Waals surface area contributed by atoms with Crippen LogP contribution in [-0.4, -0.2) is 114 Å². The molecular weight excluding hydrogens is 1060 g/mol. The summed E-state index contributed by atoms with van der Waals surface area (Å²) in [5.74, 6) is -23.9. The van der Waals surface area contributed by atoms with Crippen molar-refractivity contribution in [1.29, 1.82) is 0 Å². The Kier molecular flexibility index (Phi) is 72.7. The fraction of sp³-hybridized carbons (Fsp3) is 0.500. The van der Waals surface area contributed by atoms with E-state index >= 15 is 0 Å². The van der Waals surface area contributed by atoms with Crippen LogP contribution in [-0.2, 0) is 109 Å². The number of carbonyl (C=O) groups excluding carboxylic acids is 12. The number of rotatable bonds is 20. The Labute approximate surface area is 505 Å². The fourth-order valence-electron chi connectivity index (χ4n) is 2.74. The van der Waals surface area contributed by atoms with E-state index in [1.165, 1.54) is 0 Å². The van der Waals surface area contributed by atoms with Crippen LogP contribution in [0.3, 0.4) is 0 Å². The van der Waals surface area contributed by atoms with Crippen LogP contribution in [0.4, 0.5) is 0 Å². The average Bonchev–Trinajstić information content (AvgIpc) is 2.85. The van der Waals surface area contributed by atoms with E-state index in [9.17, 15) is 119 Å². The standard InChI is InChI=1S/4C6H8O7.3Cu.6Na/c4*7-3(8)1-6(13,5(11)12)2-4(9)10;;;;;;;;;/h4*13H,1-2H2,(H,7,8)(H,9,10)(H,11,12);;;;;;;;;/q;;;;3*+2;6*+1/p-12. The number of carbonyl (C=O) groups is 12. The van der Waals surface area contributed by atoms with E-state index in [1.807, 2.05) is 0 Å². The first-order chi connectivity index (χ1) is 23.1. The van der Waals surface area contributed by atoms with Gasteiger partial charge in [0.1, 0.15) is 22.4 Å². The van der Waals surface area contributed by atoms with Crippen molar-refractivity contribution >= 4 is 71.6 Å². The van der Waals surface area contributed by atoms with Crippen LogP contribution in [0.2, 0.25) is 0 Å². The normalized spacial score (nSPS) is 9.25. The molecule has 0 rings (SSSR count). The van der Waals surface area contributed by atoms with E-state index in [1.54, 1.807) is 0 Å². The topological polar surface area (TPSA) is 562 Å². The summed E-state index contributed by atoms with van der Waals surface area (Å²) in [5.41, 5.74) is -11.9. The first-order valence-corrected chi connectivity index (χ1v) is 12.5. The molecule has 0 saturated carbocycles. The Morgan fingerprint density at radius 2 is 0.311 bits per heavy atom. The summed E-state index contributed by atoms with van der Waals surface area (Å²) in [6.07, 6.45) is -10.9. The van der Waals surface area contributed by atoms with Crippen molar-refractivity contribution in [3.63, 3.8) is 0 Å². The molecule has 0 unspecified atom stereocenters. The van der Waals surface area contributed by atoms with Gasteiger partial charge in [-0.05, 0) is 0 Å². The zero-order valence-electron chi connectivity index (χ0n) is 32.1. The van der Waals surface area contributed by atoms with Crippen molar-refractivity contribution < 1.29 is 368 Å². The van der Waals surface area contributed by atoms with Crippen LogP contribution in [0.15, 0.2) is 0 Å². The fourth-order valence-corrected chi connectivity index (χ4v) is 2.74. The van der Waals surface area contributed by atoms with E-state index in [2.05, 4.69) is 0 Å². The molecule has 0 aliphatic carbocycles. The zero-order valence-corrected chi connectivity index (χ0v) is 47.0. The quantitative estimate of drug-likeness (QED) is 0.0823. The summed E-state index contributed by atoms with van der Waals surface area (Å²) in [4.78, 5) is 120. The van der Waals surface area contributed by atoms with Crippen molar-refractivity contribution in [3.05, 3.63) is 0 Å². The molecule has 0 amide bonds. The molecule has 0 aliphatic rings. The van der Waals surface area contributed by atoms with Gasteiger partial charge in [-0.1, -0.05) is 0 Å². The predicted octanol–water partition coefficient (Wildman–Crippen LogP) is -39.0. The van der Waals surface area contributed by atoms with Crippen molar-refractivity contribution in [2.24, 2.45) is 0 Å². The maximum absolute atomic E-state index is 10.1. The minimum atomic E-state index is -2.97. The van der Waals surface area contributed by atoms with Crippen molar-refractivity contribution in [1.82, 2.24) is 0 Å². The molecule has 3 radical (unpaired) electrons. The molecule has 0 heterocycles. The number of carboxylic acid groups (broad SMARTS) is 12. The van der Waals surface area contributed by atoms with Gasteiger partial charge in [0.15, 0.2) is 0 Å². The first kappa shape index (κ1) is 96.1. The molecule has 0 aromatic heterocycles. The van der Waals surface area contributed by atoms with Crippen LogP contribution in [0.25, 0.3) is 0 Å². The molecule has 0 bridgehead atoms. The van der Waals surface area contributed by atoms with E-state index < -0.39 is 145 Å². The zero-order chi connectivity index (χ0) is 42.6. The third kappa shape index (κ3) is 50.3. The number of carboxylic acids is 12. The van der Waals surface area contributed by atoms with Gasteiger partial charge in [0.05, 0.1) is 23.9 Å². The van der Waals surface area contributed by atoms with Crippen LogP contribution >= 0.6 is 0 Å². The maximum Gasteiger partial charge on any atom is 2.00 e. The van der Waals surface area contributed by atoms with Gasteiger partial charge in [0.25, 0.3) is 0 Å². The number of hydrogen-bond acceptors (Lipinski definition) is 28. The Morgan fingerprint density at radius 1 is 0.246 bits per heavy atom. The predicted molar refractivity (Wildman–Crippen MR) is 117 cm³/mol. The van der Waals surface area contributed by atoms with E-state index in [-0.39, 0.29) is 229 Å². The molecule has 37 heteroatoms. The number of hydrogen-bond donors (Lipinski definition) is 4. The van der Waals surface area contributed by atoms with Crippen LogP contribution in [0.5, 0.6) is 0 Å². The summed E-state index contributed by atoms with van der Waals surface area (Å²) >= 11 is 0. The van der Waals surface area contributed by atoms with Gasteiger partial charge in [-0.3, -0.25) is 0 Å². The molecule has 0 aliphatic heterocycles. The number of aliphatic hydroxyl groups is 4. The van der Waals surface area contributed by atoms with E-state index in [0.29, 0.717) is 0 Å². The molecule has 323 valence electrons. The SMILES string of the molecule is O=C([O-])CC(O)(CC(=O)[O-])C(=O)[O-].O=C([O-])CC(O)(CC(=O)[O-])C(=O)[O-].O=C([O-])CC(O)(CC(=O)[O-])C(=O)[O-].O=C([O-])CC(O)(CC(=O)[O-])C(=O)[O-].[Cu+2].[Cu+2].[Cu+2].[Na+].[Na+].[Na+].[Na+].[Na+].[Na+]. The van der Waals surface area contributed by atoms with Crippen LogP contribution < -0.4 is 239 Å². The van der Waals surface area contributed by atoms with Gasteiger partial charge in [0.2, 0.25) is 0 Å². The summed E-state index contributed by atoms with van der Waals surface area (Å²) < 4.78 is 0. The Bertz CT molecular complexity index is 1160. The second kappa shape index (κ2) is 46.2. The third-order valence-electron chi connectivity index (χ3n) is 5.01. The molecule has 4 N–H and O–H groups in total. The van der Waals surface area contributed by atoms with Gasteiger partial charge >= 0.3 is 229 Å². The summed E-state index contributed by atoms with van der Waals surface area (Å²) in [6.45, 7) is 0. The Hall–Kier alpha value is 1.04. The maximum atomic E-state index is 10.1. The van der Waals surface area contributed by atoms with Gasteiger partial charge in [-0.25, -0.2) is 0 Å². The molecule has 0 fully saturated rings. The minimum Gasteiger partial charge on any atom is -0.550 e. The second-order valence-electron chi connectivity index (χ2n) is 9.67. The molecule has 28 nitrogen and oxygen atoms in total. The largest absolute Gasteiger partial charge is 2.00 e. The van der Waals surface area contributed by atoms with Crippen molar-refractivity contribution in [2.45, 2.75) is 73.8 Å². The van der Waals surface area contributed by atoms with Gasteiger partial charge < -0.3 is 139 Å². The number of aliphatic carboxylic acids is 12. The smallest absolute Gasteiger partial charge is 0.550 e. The molecule has 0 aromatic rings. The van der Waals surface area contributed by atoms with Crippen molar-refractivity contribution in [3.8, 4) is 0 Å². The molecular formula is C24H20Cu3Na6O28. The third-order valence-corrected chi connectivity index (χ3v) is 5.01. The average molecular weight is 1080 g/mol. The molecule has 0 spiro atoms. The van der Waals surface area contributed by atoms with Crippen LogP contribution in [0, 0.1) is 0 Å². The van der Waals surface area contributed by atoms with E-state index in [4.69, 9.17) is 20.4 Å². The summed E-state index contributed by atoms with van der Waals surface area (Å²) in [6, 6.07) is 0. The second-order valence-corrected chi connectivity index (χ2v) is 9.67. The monoisotopic (exact) mass is 1080 g/mol. The molecule has 0 saturated heterocycles. The minimum absolute atomic E-state index is 0. The Morgan fingerprint density at radius 3 is 0.344 bits per heavy atom. The summed E-state index contributed by atoms with van der Waals surface area (Å²) in [5, 5.41) is 156. The molecule has 0 atom stereocenters. The van der Waals surface area contributed by atoms with Gasteiger partial charge in [0, 0.05) is 99.1 Å². The molecule has 61 heavy (non-hydrogen) atoms. The molecule has 0 aromatic carbocycles.